The molecule has 5 nitrogen and oxygen atoms in total. The molecule has 0 spiro atoms. The maximum absolute atomic E-state index is 11.7. The number of H-pyrrole nitrogens is 1. The highest BCUT2D eigenvalue weighted by atomic mass is 16.4. The first-order chi connectivity index (χ1) is 14.2. The van der Waals surface area contributed by atoms with E-state index in [1.54, 1.807) is 6.07 Å². The van der Waals surface area contributed by atoms with Crippen molar-refractivity contribution in [3.8, 4) is 11.3 Å². The molecule has 0 fully saturated rings. The Bertz CT molecular complexity index is 1110. The molecule has 0 saturated heterocycles. The predicted octanol–water partition coefficient (Wildman–Crippen LogP) is 5.30. The van der Waals surface area contributed by atoms with Crippen LogP contribution in [0, 0.1) is 0 Å². The van der Waals surface area contributed by atoms with Gasteiger partial charge in [0.15, 0.2) is 0 Å². The van der Waals surface area contributed by atoms with Crippen LogP contribution in [0.4, 0.5) is 11.5 Å². The van der Waals surface area contributed by atoms with Gasteiger partial charge in [-0.2, -0.15) is 5.10 Å². The van der Waals surface area contributed by atoms with Crippen LogP contribution in [0.1, 0.15) is 21.5 Å². The first kappa shape index (κ1) is 18.5. The molecule has 3 N–H and O–H groups in total. The molecule has 0 saturated carbocycles. The maximum atomic E-state index is 11.7. The molecule has 0 atom stereocenters. The number of benzene rings is 3. The summed E-state index contributed by atoms with van der Waals surface area (Å²) >= 11 is 0. The van der Waals surface area contributed by atoms with E-state index in [9.17, 15) is 9.90 Å². The van der Waals surface area contributed by atoms with Crippen LogP contribution < -0.4 is 5.32 Å². The third-order valence-corrected chi connectivity index (χ3v) is 4.78. The van der Waals surface area contributed by atoms with Crippen molar-refractivity contribution >= 4 is 17.5 Å². The molecule has 0 unspecified atom stereocenters. The van der Waals surface area contributed by atoms with Gasteiger partial charge in [0.25, 0.3) is 0 Å². The Morgan fingerprint density at radius 1 is 0.862 bits per heavy atom. The fourth-order valence-corrected chi connectivity index (χ4v) is 3.26. The van der Waals surface area contributed by atoms with Crippen molar-refractivity contribution in [3.05, 3.63) is 102 Å². The lowest BCUT2D eigenvalue weighted by molar-refractivity contribution is 0.0698. The van der Waals surface area contributed by atoms with Crippen molar-refractivity contribution in [2.24, 2.45) is 0 Å². The van der Waals surface area contributed by atoms with Crippen LogP contribution in [0.15, 0.2) is 84.9 Å². The summed E-state index contributed by atoms with van der Waals surface area (Å²) in [5.41, 5.74) is 4.89. The van der Waals surface area contributed by atoms with Crippen LogP contribution in [-0.4, -0.2) is 21.3 Å². The Labute approximate surface area is 169 Å². The van der Waals surface area contributed by atoms with E-state index >= 15 is 0 Å². The Morgan fingerprint density at radius 2 is 1.55 bits per heavy atom. The monoisotopic (exact) mass is 383 g/mol. The lowest BCUT2D eigenvalue weighted by Crippen LogP contribution is -2.04. The van der Waals surface area contributed by atoms with Crippen LogP contribution in [0.5, 0.6) is 0 Å². The molecule has 0 amide bonds. The topological polar surface area (TPSA) is 78.0 Å². The average molecular weight is 383 g/mol. The molecule has 4 rings (SSSR count). The summed E-state index contributed by atoms with van der Waals surface area (Å²) in [6.45, 7) is 0. The van der Waals surface area contributed by atoms with Gasteiger partial charge in [-0.1, -0.05) is 66.7 Å². The number of aromatic carboxylic acids is 1. The van der Waals surface area contributed by atoms with E-state index in [-0.39, 0.29) is 5.56 Å². The highest BCUT2D eigenvalue weighted by molar-refractivity contribution is 5.95. The van der Waals surface area contributed by atoms with Crippen molar-refractivity contribution in [3.63, 3.8) is 0 Å². The number of aromatic amines is 1. The minimum atomic E-state index is -0.968. The molecule has 0 bridgehead atoms. The van der Waals surface area contributed by atoms with Gasteiger partial charge in [0.1, 0.15) is 5.82 Å². The van der Waals surface area contributed by atoms with Crippen LogP contribution in [0.2, 0.25) is 0 Å². The lowest BCUT2D eigenvalue weighted by atomic mass is 10.0. The summed E-state index contributed by atoms with van der Waals surface area (Å²) in [5.74, 6) is -0.323. The zero-order valence-electron chi connectivity index (χ0n) is 15.8. The van der Waals surface area contributed by atoms with Crippen molar-refractivity contribution in [1.82, 2.24) is 10.2 Å². The van der Waals surface area contributed by atoms with Crippen molar-refractivity contribution in [1.29, 1.82) is 0 Å². The minimum absolute atomic E-state index is 0.226. The summed E-state index contributed by atoms with van der Waals surface area (Å²) in [5, 5.41) is 20.0. The quantitative estimate of drug-likeness (QED) is 0.404. The second kappa shape index (κ2) is 8.44. The van der Waals surface area contributed by atoms with Gasteiger partial charge in [0.2, 0.25) is 0 Å². The van der Waals surface area contributed by atoms with Gasteiger partial charge in [0.05, 0.1) is 16.9 Å². The number of nitrogens with zero attached hydrogens (tertiary/aromatic N) is 1. The van der Waals surface area contributed by atoms with Gasteiger partial charge in [-0.15, -0.1) is 0 Å². The van der Waals surface area contributed by atoms with Gasteiger partial charge < -0.3 is 10.4 Å². The number of anilines is 2. The Kier molecular flexibility index (Phi) is 5.38. The highest BCUT2D eigenvalue weighted by Crippen LogP contribution is 2.25. The maximum Gasteiger partial charge on any atom is 0.337 e. The number of aromatic nitrogens is 2. The number of carbonyl (C=O) groups is 1. The number of nitrogens with one attached hydrogen (secondary N) is 2. The average Bonchev–Trinajstić information content (AvgIpc) is 3.22. The SMILES string of the molecule is O=C(O)c1ccc(CCc2ccccc2)cc1Nc1cc(-c2ccccc2)n[nH]1. The number of rotatable bonds is 7. The molecule has 0 aliphatic carbocycles. The first-order valence-corrected chi connectivity index (χ1v) is 9.47. The van der Waals surface area contributed by atoms with E-state index < -0.39 is 5.97 Å². The largest absolute Gasteiger partial charge is 0.478 e. The second-order valence-electron chi connectivity index (χ2n) is 6.83. The summed E-state index contributed by atoms with van der Waals surface area (Å²) in [6.07, 6.45) is 1.73. The standard InChI is InChI=1S/C24H21N3O2/c28-24(29)20-14-13-18(12-11-17-7-3-1-4-8-17)15-22(20)25-23-16-21(26-27-23)19-9-5-2-6-10-19/h1-10,13-16H,11-12H2,(H,28,29)(H2,25,26,27). The van der Waals surface area contributed by atoms with Crippen LogP contribution >= 0.6 is 0 Å². The van der Waals surface area contributed by atoms with Gasteiger partial charge >= 0.3 is 5.97 Å². The third-order valence-electron chi connectivity index (χ3n) is 4.78. The molecule has 1 aromatic heterocycles. The predicted molar refractivity (Wildman–Crippen MR) is 115 cm³/mol. The van der Waals surface area contributed by atoms with E-state index in [0.29, 0.717) is 11.5 Å². The molecule has 4 aromatic rings. The zero-order valence-corrected chi connectivity index (χ0v) is 15.8. The molecular formula is C24H21N3O2. The Hall–Kier alpha value is -3.86. The van der Waals surface area contributed by atoms with E-state index in [1.807, 2.05) is 66.7 Å². The summed E-state index contributed by atoms with van der Waals surface area (Å²) in [6, 6.07) is 27.4. The highest BCUT2D eigenvalue weighted by Gasteiger charge is 2.13. The van der Waals surface area contributed by atoms with Crippen molar-refractivity contribution < 1.29 is 9.90 Å². The zero-order chi connectivity index (χ0) is 20.1. The van der Waals surface area contributed by atoms with E-state index in [2.05, 4.69) is 27.6 Å². The van der Waals surface area contributed by atoms with Crippen LogP contribution in [0.25, 0.3) is 11.3 Å². The Balaban J connectivity index is 1.55. The number of aryl methyl sites for hydroxylation is 2. The van der Waals surface area contributed by atoms with Crippen LogP contribution in [0.3, 0.4) is 0 Å². The van der Waals surface area contributed by atoms with Crippen LogP contribution in [-0.2, 0) is 12.8 Å². The minimum Gasteiger partial charge on any atom is -0.478 e. The van der Waals surface area contributed by atoms with Crippen molar-refractivity contribution in [2.75, 3.05) is 5.32 Å². The molecule has 0 aliphatic heterocycles. The molecule has 29 heavy (non-hydrogen) atoms. The summed E-state index contributed by atoms with van der Waals surface area (Å²) < 4.78 is 0. The smallest absolute Gasteiger partial charge is 0.337 e. The Morgan fingerprint density at radius 3 is 2.28 bits per heavy atom. The van der Waals surface area contributed by atoms with E-state index in [4.69, 9.17) is 0 Å². The molecule has 3 aromatic carbocycles. The second-order valence-corrected chi connectivity index (χ2v) is 6.83. The number of hydrogen-bond acceptors (Lipinski definition) is 3. The van der Waals surface area contributed by atoms with Gasteiger partial charge in [0, 0.05) is 11.6 Å². The molecule has 0 radical (unpaired) electrons. The molecular weight excluding hydrogens is 362 g/mol. The van der Waals surface area contributed by atoms with E-state index in [0.717, 1.165) is 29.7 Å². The first-order valence-electron chi connectivity index (χ1n) is 9.47. The fourth-order valence-electron chi connectivity index (χ4n) is 3.26. The molecule has 1 heterocycles. The number of carboxylic acid groups (broad SMARTS) is 1. The van der Waals surface area contributed by atoms with Gasteiger partial charge in [-0.25, -0.2) is 4.79 Å². The number of hydrogen-bond donors (Lipinski definition) is 3. The summed E-state index contributed by atoms with van der Waals surface area (Å²) in [4.78, 5) is 11.7. The third kappa shape index (κ3) is 4.52. The molecule has 0 aliphatic rings. The van der Waals surface area contributed by atoms with E-state index in [1.165, 1.54) is 5.56 Å². The number of carboxylic acids is 1. The van der Waals surface area contributed by atoms with Gasteiger partial charge in [-0.05, 0) is 36.1 Å². The lowest BCUT2D eigenvalue weighted by Gasteiger charge is -2.10. The molecule has 144 valence electrons. The molecule has 5 heteroatoms. The fraction of sp³-hybridized carbons (Fsp3) is 0.0833. The van der Waals surface area contributed by atoms with Gasteiger partial charge in [-0.3, -0.25) is 5.10 Å². The normalized spacial score (nSPS) is 10.6. The van der Waals surface area contributed by atoms with Crippen molar-refractivity contribution in [2.45, 2.75) is 12.8 Å². The summed E-state index contributed by atoms with van der Waals surface area (Å²) in [7, 11) is 0.